The standard InChI is InChI=1S/C15H11F2N3O2/c1-8-5-6-10-9(7-8)14(21)20-13(19-10)11-3-2-4-12(18-11)22-15(16)17/h2-7,15H,1H3,(H,19,20,21). The number of benzene rings is 1. The third-order valence-corrected chi connectivity index (χ3v) is 3.04. The second-order valence-electron chi connectivity index (χ2n) is 4.67. The van der Waals surface area contributed by atoms with E-state index in [0.717, 1.165) is 5.56 Å². The Morgan fingerprint density at radius 1 is 1.18 bits per heavy atom. The smallest absolute Gasteiger partial charge is 0.388 e. The number of aromatic amines is 1. The lowest BCUT2D eigenvalue weighted by atomic mass is 10.1. The van der Waals surface area contributed by atoms with E-state index in [0.29, 0.717) is 10.9 Å². The fraction of sp³-hybridized carbons (Fsp3) is 0.133. The first-order chi connectivity index (χ1) is 10.5. The summed E-state index contributed by atoms with van der Waals surface area (Å²) in [4.78, 5) is 22.9. The third-order valence-electron chi connectivity index (χ3n) is 3.04. The Labute approximate surface area is 123 Å². The van der Waals surface area contributed by atoms with E-state index in [1.807, 2.05) is 13.0 Å². The van der Waals surface area contributed by atoms with Crippen molar-refractivity contribution >= 4 is 10.9 Å². The van der Waals surface area contributed by atoms with Crippen molar-refractivity contribution in [1.82, 2.24) is 15.0 Å². The second kappa shape index (κ2) is 5.51. The maximum absolute atomic E-state index is 12.2. The Kier molecular flexibility index (Phi) is 3.54. The topological polar surface area (TPSA) is 67.9 Å². The predicted octanol–water partition coefficient (Wildman–Crippen LogP) is 2.89. The number of nitrogens with one attached hydrogen (secondary N) is 1. The molecule has 0 fully saturated rings. The summed E-state index contributed by atoms with van der Waals surface area (Å²) >= 11 is 0. The Balaban J connectivity index is 2.10. The number of aromatic nitrogens is 3. The molecule has 0 aliphatic heterocycles. The zero-order chi connectivity index (χ0) is 15.7. The number of hydrogen-bond donors (Lipinski definition) is 1. The van der Waals surface area contributed by atoms with Gasteiger partial charge >= 0.3 is 6.61 Å². The molecule has 0 bridgehead atoms. The number of aryl methyl sites for hydroxylation is 1. The van der Waals surface area contributed by atoms with Crippen LogP contribution < -0.4 is 10.3 Å². The SMILES string of the molecule is Cc1ccc2nc(-c3cccc(OC(F)F)n3)[nH]c(=O)c2c1. The van der Waals surface area contributed by atoms with Gasteiger partial charge in [-0.15, -0.1) is 0 Å². The van der Waals surface area contributed by atoms with Gasteiger partial charge in [0.1, 0.15) is 5.69 Å². The van der Waals surface area contributed by atoms with Crippen LogP contribution >= 0.6 is 0 Å². The zero-order valence-electron chi connectivity index (χ0n) is 11.5. The molecular formula is C15H11F2N3O2. The Morgan fingerprint density at radius 2 is 2.00 bits per heavy atom. The number of H-pyrrole nitrogens is 1. The lowest BCUT2D eigenvalue weighted by Crippen LogP contribution is -2.10. The van der Waals surface area contributed by atoms with E-state index in [4.69, 9.17) is 0 Å². The minimum atomic E-state index is -2.96. The number of alkyl halides is 2. The van der Waals surface area contributed by atoms with Gasteiger partial charge in [0, 0.05) is 6.07 Å². The van der Waals surface area contributed by atoms with Crippen molar-refractivity contribution in [3.63, 3.8) is 0 Å². The summed E-state index contributed by atoms with van der Waals surface area (Å²) in [6.07, 6.45) is 0. The largest absolute Gasteiger partial charge is 0.417 e. The van der Waals surface area contributed by atoms with E-state index in [9.17, 15) is 13.6 Å². The molecule has 112 valence electrons. The van der Waals surface area contributed by atoms with Crippen molar-refractivity contribution in [3.05, 3.63) is 52.3 Å². The fourth-order valence-corrected chi connectivity index (χ4v) is 2.08. The summed E-state index contributed by atoms with van der Waals surface area (Å²) < 4.78 is 28.7. The minimum absolute atomic E-state index is 0.195. The summed E-state index contributed by atoms with van der Waals surface area (Å²) in [5.41, 5.74) is 1.38. The molecule has 0 spiro atoms. The van der Waals surface area contributed by atoms with Crippen LogP contribution in [0.3, 0.4) is 0 Å². The molecule has 0 saturated carbocycles. The van der Waals surface area contributed by atoms with Gasteiger partial charge in [-0.25, -0.2) is 9.97 Å². The van der Waals surface area contributed by atoms with E-state index in [1.165, 1.54) is 12.1 Å². The van der Waals surface area contributed by atoms with Gasteiger partial charge in [-0.05, 0) is 25.1 Å². The summed E-state index contributed by atoms with van der Waals surface area (Å²) in [5, 5.41) is 0.462. The van der Waals surface area contributed by atoms with Crippen LogP contribution in [-0.4, -0.2) is 21.6 Å². The Bertz CT molecular complexity index is 893. The van der Waals surface area contributed by atoms with Gasteiger partial charge in [0.2, 0.25) is 5.88 Å². The minimum Gasteiger partial charge on any atom is -0.417 e. The molecule has 0 atom stereocenters. The highest BCUT2D eigenvalue weighted by Gasteiger charge is 2.10. The number of ether oxygens (including phenoxy) is 1. The van der Waals surface area contributed by atoms with Crippen molar-refractivity contribution < 1.29 is 13.5 Å². The van der Waals surface area contributed by atoms with E-state index < -0.39 is 6.61 Å². The molecule has 0 amide bonds. The van der Waals surface area contributed by atoms with Crippen molar-refractivity contribution in [1.29, 1.82) is 0 Å². The fourth-order valence-electron chi connectivity index (χ4n) is 2.08. The molecule has 7 heteroatoms. The molecule has 1 N–H and O–H groups in total. The highest BCUT2D eigenvalue weighted by atomic mass is 19.3. The molecule has 0 radical (unpaired) electrons. The zero-order valence-corrected chi connectivity index (χ0v) is 11.5. The van der Waals surface area contributed by atoms with Crippen LogP contribution in [0.2, 0.25) is 0 Å². The van der Waals surface area contributed by atoms with Gasteiger partial charge < -0.3 is 9.72 Å². The van der Waals surface area contributed by atoms with Crippen molar-refractivity contribution in [2.45, 2.75) is 13.5 Å². The van der Waals surface area contributed by atoms with Crippen LogP contribution in [0.1, 0.15) is 5.56 Å². The van der Waals surface area contributed by atoms with Gasteiger partial charge in [-0.2, -0.15) is 8.78 Å². The van der Waals surface area contributed by atoms with E-state index in [2.05, 4.69) is 19.7 Å². The van der Waals surface area contributed by atoms with E-state index in [1.54, 1.807) is 18.2 Å². The number of pyridine rings is 1. The normalized spacial score (nSPS) is 11.1. The van der Waals surface area contributed by atoms with Gasteiger partial charge in [0.25, 0.3) is 5.56 Å². The first-order valence-corrected chi connectivity index (χ1v) is 6.46. The molecule has 0 aliphatic carbocycles. The number of hydrogen-bond acceptors (Lipinski definition) is 4. The van der Waals surface area contributed by atoms with Crippen LogP contribution in [0.4, 0.5) is 8.78 Å². The molecule has 0 unspecified atom stereocenters. The van der Waals surface area contributed by atoms with E-state index in [-0.39, 0.29) is 23.0 Å². The summed E-state index contributed by atoms with van der Waals surface area (Å²) in [7, 11) is 0. The predicted molar refractivity (Wildman–Crippen MR) is 77.0 cm³/mol. The molecule has 3 aromatic rings. The number of halogens is 2. The highest BCUT2D eigenvalue weighted by Crippen LogP contribution is 2.19. The lowest BCUT2D eigenvalue weighted by Gasteiger charge is -2.06. The van der Waals surface area contributed by atoms with Gasteiger partial charge in [0.15, 0.2) is 5.82 Å². The average Bonchev–Trinajstić information content (AvgIpc) is 2.47. The monoisotopic (exact) mass is 303 g/mol. The number of nitrogens with zero attached hydrogens (tertiary/aromatic N) is 2. The molecule has 5 nitrogen and oxygen atoms in total. The van der Waals surface area contributed by atoms with E-state index >= 15 is 0 Å². The molecule has 2 aromatic heterocycles. The molecule has 0 saturated heterocycles. The molecular weight excluding hydrogens is 292 g/mol. The first kappa shape index (κ1) is 14.1. The molecule has 1 aromatic carbocycles. The second-order valence-corrected chi connectivity index (χ2v) is 4.67. The summed E-state index contributed by atoms with van der Waals surface area (Å²) in [6, 6.07) is 9.65. The summed E-state index contributed by atoms with van der Waals surface area (Å²) in [5.74, 6) is -0.0415. The molecule has 0 aliphatic rings. The Hall–Kier alpha value is -2.83. The molecule has 3 rings (SSSR count). The van der Waals surface area contributed by atoms with Gasteiger partial charge in [-0.1, -0.05) is 17.7 Å². The first-order valence-electron chi connectivity index (χ1n) is 6.46. The molecule has 2 heterocycles. The van der Waals surface area contributed by atoms with Crippen LogP contribution in [0.5, 0.6) is 5.88 Å². The molecule has 22 heavy (non-hydrogen) atoms. The van der Waals surface area contributed by atoms with Crippen LogP contribution in [0.25, 0.3) is 22.4 Å². The maximum Gasteiger partial charge on any atom is 0.388 e. The number of rotatable bonds is 3. The lowest BCUT2D eigenvalue weighted by molar-refractivity contribution is -0.0527. The van der Waals surface area contributed by atoms with Crippen molar-refractivity contribution in [2.75, 3.05) is 0 Å². The third kappa shape index (κ3) is 2.78. The quantitative estimate of drug-likeness (QED) is 0.808. The van der Waals surface area contributed by atoms with Crippen molar-refractivity contribution in [3.8, 4) is 17.4 Å². The van der Waals surface area contributed by atoms with Gasteiger partial charge in [0.05, 0.1) is 10.9 Å². The van der Waals surface area contributed by atoms with Gasteiger partial charge in [-0.3, -0.25) is 4.79 Å². The van der Waals surface area contributed by atoms with Crippen LogP contribution in [0.15, 0.2) is 41.2 Å². The number of fused-ring (bicyclic) bond motifs is 1. The Morgan fingerprint density at radius 3 is 2.77 bits per heavy atom. The maximum atomic E-state index is 12.2. The average molecular weight is 303 g/mol. The van der Waals surface area contributed by atoms with Crippen molar-refractivity contribution in [2.24, 2.45) is 0 Å². The van der Waals surface area contributed by atoms with Crippen LogP contribution in [-0.2, 0) is 0 Å². The van der Waals surface area contributed by atoms with Crippen LogP contribution in [0, 0.1) is 6.92 Å². The highest BCUT2D eigenvalue weighted by molar-refractivity contribution is 5.79. The summed E-state index contributed by atoms with van der Waals surface area (Å²) in [6.45, 7) is -1.09.